The predicted molar refractivity (Wildman–Crippen MR) is 118 cm³/mol. The fourth-order valence-corrected chi connectivity index (χ4v) is 3.92. The maximum Gasteiger partial charge on any atom is 0.252 e. The lowest BCUT2D eigenvalue weighted by Gasteiger charge is -2.31. The summed E-state index contributed by atoms with van der Waals surface area (Å²) in [5.41, 5.74) is 3.09. The Balaban J connectivity index is 1.36. The summed E-state index contributed by atoms with van der Waals surface area (Å²) < 4.78 is 0. The molecule has 0 amide bonds. The van der Waals surface area contributed by atoms with Gasteiger partial charge in [-0.1, -0.05) is 12.1 Å². The number of H-pyrrole nitrogens is 1. The van der Waals surface area contributed by atoms with Crippen molar-refractivity contribution in [2.75, 3.05) is 31.6 Å². The molecule has 4 rings (SSSR count). The molecule has 0 atom stereocenters. The van der Waals surface area contributed by atoms with E-state index in [0.717, 1.165) is 56.8 Å². The van der Waals surface area contributed by atoms with Crippen molar-refractivity contribution in [3.8, 4) is 0 Å². The molecule has 156 valence electrons. The second kappa shape index (κ2) is 9.63. The zero-order valence-electron chi connectivity index (χ0n) is 17.4. The number of anilines is 1. The van der Waals surface area contributed by atoms with Gasteiger partial charge in [0.2, 0.25) is 5.95 Å². The standard InChI is InChI=1S/C23H28N6O/c1-28(12-9-20-6-2-3-11-25-20)23-26-21(15-22(30)27-23)19-7-13-29(14-8-19)17-18-5-4-10-24-16-18/h2-6,10-11,15-16,19H,7-9,12-14,17H2,1H3,(H,26,27,30). The maximum atomic E-state index is 12.3. The summed E-state index contributed by atoms with van der Waals surface area (Å²) in [5, 5.41) is 0. The quantitative estimate of drug-likeness (QED) is 0.652. The van der Waals surface area contributed by atoms with Gasteiger partial charge in [0.25, 0.3) is 5.56 Å². The number of likely N-dealkylation sites (N-methyl/N-ethyl adjacent to an activating group) is 1. The summed E-state index contributed by atoms with van der Waals surface area (Å²) in [7, 11) is 1.96. The summed E-state index contributed by atoms with van der Waals surface area (Å²) in [6, 6.07) is 11.7. The Kier molecular flexibility index (Phi) is 6.49. The number of aromatic amines is 1. The van der Waals surface area contributed by atoms with E-state index < -0.39 is 0 Å². The second-order valence-electron chi connectivity index (χ2n) is 7.90. The highest BCUT2D eigenvalue weighted by molar-refractivity contribution is 5.30. The van der Waals surface area contributed by atoms with Gasteiger partial charge in [0.15, 0.2) is 0 Å². The van der Waals surface area contributed by atoms with E-state index >= 15 is 0 Å². The third-order valence-electron chi connectivity index (χ3n) is 5.67. The minimum absolute atomic E-state index is 0.0857. The van der Waals surface area contributed by atoms with Crippen LogP contribution in [-0.4, -0.2) is 51.5 Å². The fraction of sp³-hybridized carbons (Fsp3) is 0.391. The first-order chi connectivity index (χ1) is 14.7. The lowest BCUT2D eigenvalue weighted by Crippen LogP contribution is -2.33. The van der Waals surface area contributed by atoms with E-state index in [2.05, 4.69) is 25.9 Å². The summed E-state index contributed by atoms with van der Waals surface area (Å²) in [6.45, 7) is 3.66. The van der Waals surface area contributed by atoms with Crippen molar-refractivity contribution >= 4 is 5.95 Å². The van der Waals surface area contributed by atoms with Gasteiger partial charge in [0, 0.05) is 62.8 Å². The summed E-state index contributed by atoms with van der Waals surface area (Å²) in [5.74, 6) is 0.951. The highest BCUT2D eigenvalue weighted by atomic mass is 16.1. The topological polar surface area (TPSA) is 78.0 Å². The van der Waals surface area contributed by atoms with Crippen LogP contribution in [0.2, 0.25) is 0 Å². The number of likely N-dealkylation sites (tertiary alicyclic amines) is 1. The van der Waals surface area contributed by atoms with Gasteiger partial charge in [0.1, 0.15) is 0 Å². The van der Waals surface area contributed by atoms with Gasteiger partial charge < -0.3 is 4.90 Å². The first-order valence-corrected chi connectivity index (χ1v) is 10.5. The molecule has 1 aliphatic rings. The minimum atomic E-state index is -0.0857. The van der Waals surface area contributed by atoms with E-state index in [9.17, 15) is 4.79 Å². The van der Waals surface area contributed by atoms with Gasteiger partial charge in [-0.25, -0.2) is 4.98 Å². The predicted octanol–water partition coefficient (Wildman–Crippen LogP) is 2.62. The van der Waals surface area contributed by atoms with Gasteiger partial charge in [0.05, 0.1) is 5.69 Å². The van der Waals surface area contributed by atoms with Gasteiger partial charge in [-0.2, -0.15) is 0 Å². The van der Waals surface area contributed by atoms with Gasteiger partial charge in [-0.3, -0.25) is 24.6 Å². The van der Waals surface area contributed by atoms with E-state index in [4.69, 9.17) is 4.98 Å². The van der Waals surface area contributed by atoms with E-state index in [1.807, 2.05) is 42.4 Å². The van der Waals surface area contributed by atoms with E-state index in [-0.39, 0.29) is 5.56 Å². The molecule has 7 nitrogen and oxygen atoms in total. The molecule has 1 N–H and O–H groups in total. The van der Waals surface area contributed by atoms with Crippen LogP contribution in [0.1, 0.15) is 35.7 Å². The van der Waals surface area contributed by atoms with Crippen LogP contribution < -0.4 is 10.5 Å². The Morgan fingerprint density at radius 1 is 1.17 bits per heavy atom. The fourth-order valence-electron chi connectivity index (χ4n) is 3.92. The zero-order chi connectivity index (χ0) is 20.8. The Morgan fingerprint density at radius 3 is 2.77 bits per heavy atom. The van der Waals surface area contributed by atoms with Crippen LogP contribution in [0.3, 0.4) is 0 Å². The Labute approximate surface area is 176 Å². The molecule has 0 bridgehead atoms. The van der Waals surface area contributed by atoms with E-state index in [1.165, 1.54) is 5.56 Å². The molecule has 0 unspecified atom stereocenters. The van der Waals surface area contributed by atoms with Crippen LogP contribution >= 0.6 is 0 Å². The molecule has 0 radical (unpaired) electrons. The smallest absolute Gasteiger partial charge is 0.252 e. The third kappa shape index (κ3) is 5.30. The molecule has 1 saturated heterocycles. The second-order valence-corrected chi connectivity index (χ2v) is 7.90. The number of pyridine rings is 2. The van der Waals surface area contributed by atoms with Crippen LogP contribution in [0.15, 0.2) is 59.8 Å². The Bertz CT molecular complexity index is 983. The summed E-state index contributed by atoms with van der Waals surface area (Å²) >= 11 is 0. The van der Waals surface area contributed by atoms with Gasteiger partial charge in [-0.15, -0.1) is 0 Å². The molecule has 1 aliphatic heterocycles. The lowest BCUT2D eigenvalue weighted by atomic mass is 9.93. The van der Waals surface area contributed by atoms with Crippen molar-refractivity contribution < 1.29 is 0 Å². The van der Waals surface area contributed by atoms with Crippen molar-refractivity contribution in [1.29, 1.82) is 0 Å². The molecule has 4 heterocycles. The van der Waals surface area contributed by atoms with Crippen LogP contribution in [0, 0.1) is 0 Å². The molecule has 3 aromatic rings. The van der Waals surface area contributed by atoms with Crippen LogP contribution in [0.5, 0.6) is 0 Å². The van der Waals surface area contributed by atoms with E-state index in [0.29, 0.717) is 11.9 Å². The van der Waals surface area contributed by atoms with Crippen molar-refractivity contribution in [3.05, 3.63) is 82.3 Å². The first kappa shape index (κ1) is 20.2. The molecule has 3 aromatic heterocycles. The normalized spacial score (nSPS) is 15.2. The largest absolute Gasteiger partial charge is 0.345 e. The molecule has 0 spiro atoms. The number of aromatic nitrogens is 4. The van der Waals surface area contributed by atoms with Crippen LogP contribution in [-0.2, 0) is 13.0 Å². The van der Waals surface area contributed by atoms with Crippen molar-refractivity contribution in [3.63, 3.8) is 0 Å². The zero-order valence-corrected chi connectivity index (χ0v) is 17.4. The summed E-state index contributed by atoms with van der Waals surface area (Å²) in [6.07, 6.45) is 8.35. The monoisotopic (exact) mass is 404 g/mol. The molecule has 0 saturated carbocycles. The summed E-state index contributed by atoms with van der Waals surface area (Å²) in [4.78, 5) is 33.0. The number of nitrogens with one attached hydrogen (secondary N) is 1. The lowest BCUT2D eigenvalue weighted by molar-refractivity contribution is 0.203. The number of piperidine rings is 1. The Morgan fingerprint density at radius 2 is 2.03 bits per heavy atom. The van der Waals surface area contributed by atoms with Crippen LogP contribution in [0.25, 0.3) is 0 Å². The van der Waals surface area contributed by atoms with Gasteiger partial charge in [-0.05, 0) is 49.7 Å². The number of hydrogen-bond donors (Lipinski definition) is 1. The average molecular weight is 405 g/mol. The first-order valence-electron chi connectivity index (χ1n) is 10.5. The van der Waals surface area contributed by atoms with Crippen molar-refractivity contribution in [2.24, 2.45) is 0 Å². The SMILES string of the molecule is CN(CCc1ccccn1)c1nc(C2CCN(Cc3cccnc3)CC2)cc(=O)[nH]1. The van der Waals surface area contributed by atoms with Crippen LogP contribution in [0.4, 0.5) is 5.95 Å². The number of rotatable bonds is 7. The third-order valence-corrected chi connectivity index (χ3v) is 5.67. The van der Waals surface area contributed by atoms with Crippen molar-refractivity contribution in [2.45, 2.75) is 31.7 Å². The number of hydrogen-bond acceptors (Lipinski definition) is 6. The number of nitrogens with zero attached hydrogens (tertiary/aromatic N) is 5. The highest BCUT2D eigenvalue weighted by Crippen LogP contribution is 2.27. The average Bonchev–Trinajstić information content (AvgIpc) is 2.79. The molecule has 30 heavy (non-hydrogen) atoms. The minimum Gasteiger partial charge on any atom is -0.345 e. The van der Waals surface area contributed by atoms with Crippen molar-refractivity contribution in [1.82, 2.24) is 24.8 Å². The maximum absolute atomic E-state index is 12.3. The highest BCUT2D eigenvalue weighted by Gasteiger charge is 2.23. The molecular weight excluding hydrogens is 376 g/mol. The molecule has 7 heteroatoms. The molecule has 1 fully saturated rings. The molecule has 0 aliphatic carbocycles. The molecular formula is C23H28N6O. The Hall–Kier alpha value is -3.06. The van der Waals surface area contributed by atoms with E-state index in [1.54, 1.807) is 18.5 Å². The molecule has 0 aromatic carbocycles. The van der Waals surface area contributed by atoms with Gasteiger partial charge >= 0.3 is 0 Å².